The fraction of sp³-hybridized carbons (Fsp3) is 0.538. The van der Waals surface area contributed by atoms with Crippen LogP contribution in [0.2, 0.25) is 0 Å². The van der Waals surface area contributed by atoms with E-state index in [2.05, 4.69) is 12.2 Å². The van der Waals surface area contributed by atoms with E-state index in [9.17, 15) is 13.5 Å². The monoisotopic (exact) mass is 271 g/mol. The van der Waals surface area contributed by atoms with Gasteiger partial charge in [-0.2, -0.15) is 0 Å². The highest BCUT2D eigenvalue weighted by molar-refractivity contribution is 7.91. The van der Waals surface area contributed by atoms with Gasteiger partial charge >= 0.3 is 0 Å². The Balaban J connectivity index is 2.46. The number of rotatable bonds is 8. The van der Waals surface area contributed by atoms with Crippen molar-refractivity contribution >= 4 is 9.84 Å². The van der Waals surface area contributed by atoms with Gasteiger partial charge in [0.1, 0.15) is 0 Å². The molecule has 1 aromatic rings. The molecule has 5 heteroatoms. The molecule has 0 amide bonds. The molecule has 0 aliphatic carbocycles. The first kappa shape index (κ1) is 15.1. The number of hydrogen-bond donors (Lipinski definition) is 2. The summed E-state index contributed by atoms with van der Waals surface area (Å²) in [4.78, 5) is 0.262. The highest BCUT2D eigenvalue weighted by Gasteiger charge is 2.18. The molecular formula is C13H21NO3S. The van der Waals surface area contributed by atoms with Gasteiger partial charge in [0.15, 0.2) is 9.84 Å². The predicted molar refractivity (Wildman–Crippen MR) is 72.3 cm³/mol. The van der Waals surface area contributed by atoms with E-state index < -0.39 is 15.9 Å². The molecule has 0 spiro atoms. The highest BCUT2D eigenvalue weighted by Crippen LogP contribution is 2.10. The van der Waals surface area contributed by atoms with E-state index in [0.717, 1.165) is 19.4 Å². The molecule has 0 bridgehead atoms. The maximum absolute atomic E-state index is 11.9. The van der Waals surface area contributed by atoms with Crippen molar-refractivity contribution in [2.45, 2.75) is 30.8 Å². The molecule has 1 unspecified atom stereocenters. The Bertz CT molecular complexity index is 431. The molecule has 0 heterocycles. The quantitative estimate of drug-likeness (QED) is 0.698. The molecule has 102 valence electrons. The Kier molecular flexibility index (Phi) is 6.32. The summed E-state index contributed by atoms with van der Waals surface area (Å²) >= 11 is 0. The number of aliphatic hydroxyl groups is 1. The lowest BCUT2D eigenvalue weighted by Gasteiger charge is -2.12. The lowest BCUT2D eigenvalue weighted by atomic mass is 10.3. The number of benzene rings is 1. The van der Waals surface area contributed by atoms with Crippen LogP contribution in [-0.4, -0.2) is 38.5 Å². The zero-order valence-corrected chi connectivity index (χ0v) is 11.5. The smallest absolute Gasteiger partial charge is 0.180 e. The fourth-order valence-corrected chi connectivity index (χ4v) is 3.00. The Morgan fingerprint density at radius 2 is 1.94 bits per heavy atom. The second-order valence-electron chi connectivity index (χ2n) is 4.31. The summed E-state index contributed by atoms with van der Waals surface area (Å²) in [6.45, 7) is 3.20. The molecule has 0 saturated carbocycles. The number of hydrogen-bond acceptors (Lipinski definition) is 4. The Labute approximate surface area is 109 Å². The first-order valence-electron chi connectivity index (χ1n) is 6.23. The van der Waals surface area contributed by atoms with Gasteiger partial charge in [-0.1, -0.05) is 31.5 Å². The fourth-order valence-electron chi connectivity index (χ4n) is 1.61. The first-order valence-corrected chi connectivity index (χ1v) is 7.88. The molecule has 4 nitrogen and oxygen atoms in total. The van der Waals surface area contributed by atoms with Crippen LogP contribution in [0.5, 0.6) is 0 Å². The summed E-state index contributed by atoms with van der Waals surface area (Å²) in [6.07, 6.45) is 1.23. The van der Waals surface area contributed by atoms with Gasteiger partial charge in [0.25, 0.3) is 0 Å². The lowest BCUT2D eigenvalue weighted by molar-refractivity contribution is 0.193. The molecule has 1 rings (SSSR count). The second-order valence-corrected chi connectivity index (χ2v) is 6.34. The van der Waals surface area contributed by atoms with Crippen LogP contribution in [0, 0.1) is 0 Å². The van der Waals surface area contributed by atoms with Crippen molar-refractivity contribution < 1.29 is 13.5 Å². The number of sulfone groups is 1. The van der Waals surface area contributed by atoms with Crippen molar-refractivity contribution in [2.75, 3.05) is 18.8 Å². The topological polar surface area (TPSA) is 66.4 Å². The molecule has 0 radical (unpaired) electrons. The summed E-state index contributed by atoms with van der Waals surface area (Å²) in [5.74, 6) is -0.240. The van der Waals surface area contributed by atoms with Gasteiger partial charge in [0.2, 0.25) is 0 Å². The zero-order chi connectivity index (χ0) is 13.4. The van der Waals surface area contributed by atoms with Crippen molar-refractivity contribution in [3.8, 4) is 0 Å². The summed E-state index contributed by atoms with van der Waals surface area (Å²) in [7, 11) is -3.39. The third-order valence-corrected chi connectivity index (χ3v) is 4.42. The van der Waals surface area contributed by atoms with Crippen molar-refractivity contribution in [2.24, 2.45) is 0 Å². The van der Waals surface area contributed by atoms with Crippen LogP contribution in [0.1, 0.15) is 19.8 Å². The van der Waals surface area contributed by atoms with Crippen LogP contribution in [0.25, 0.3) is 0 Å². The number of unbranched alkanes of at least 4 members (excludes halogenated alkanes) is 1. The summed E-state index contributed by atoms with van der Waals surface area (Å²) in [5.41, 5.74) is 0. The Morgan fingerprint density at radius 1 is 1.28 bits per heavy atom. The van der Waals surface area contributed by atoms with Crippen LogP contribution in [0.15, 0.2) is 35.2 Å². The van der Waals surface area contributed by atoms with E-state index in [1.165, 1.54) is 0 Å². The van der Waals surface area contributed by atoms with Gasteiger partial charge in [0.05, 0.1) is 16.8 Å². The number of aliphatic hydroxyl groups excluding tert-OH is 1. The van der Waals surface area contributed by atoms with Crippen molar-refractivity contribution in [1.29, 1.82) is 0 Å². The first-order chi connectivity index (χ1) is 8.56. The normalized spacial score (nSPS) is 13.4. The van der Waals surface area contributed by atoms with Gasteiger partial charge in [0, 0.05) is 6.54 Å². The van der Waals surface area contributed by atoms with E-state index in [0.29, 0.717) is 6.54 Å². The van der Waals surface area contributed by atoms with Crippen LogP contribution in [0.4, 0.5) is 0 Å². The van der Waals surface area contributed by atoms with E-state index in [1.54, 1.807) is 30.3 Å². The van der Waals surface area contributed by atoms with E-state index in [4.69, 9.17) is 0 Å². The van der Waals surface area contributed by atoms with E-state index in [1.807, 2.05) is 0 Å². The molecule has 0 aliphatic heterocycles. The van der Waals surface area contributed by atoms with Crippen LogP contribution < -0.4 is 5.32 Å². The van der Waals surface area contributed by atoms with E-state index >= 15 is 0 Å². The lowest BCUT2D eigenvalue weighted by Crippen LogP contribution is -2.33. The molecule has 2 N–H and O–H groups in total. The molecule has 1 atom stereocenters. The molecule has 0 aromatic heterocycles. The van der Waals surface area contributed by atoms with Gasteiger partial charge in [-0.3, -0.25) is 0 Å². The van der Waals surface area contributed by atoms with Gasteiger partial charge in [-0.15, -0.1) is 0 Å². The minimum atomic E-state index is -3.39. The van der Waals surface area contributed by atoms with Crippen LogP contribution in [0.3, 0.4) is 0 Å². The minimum absolute atomic E-state index is 0.240. The second kappa shape index (κ2) is 7.51. The molecular weight excluding hydrogens is 250 g/mol. The zero-order valence-electron chi connectivity index (χ0n) is 10.7. The van der Waals surface area contributed by atoms with Gasteiger partial charge in [-0.25, -0.2) is 8.42 Å². The minimum Gasteiger partial charge on any atom is -0.391 e. The molecule has 18 heavy (non-hydrogen) atoms. The van der Waals surface area contributed by atoms with E-state index in [-0.39, 0.29) is 10.6 Å². The standard InChI is InChI=1S/C13H21NO3S/c1-2-3-9-14-10-12(15)11-18(16,17)13-7-5-4-6-8-13/h4-8,12,14-15H,2-3,9-11H2,1H3. The third-order valence-electron chi connectivity index (χ3n) is 2.60. The molecule has 0 aliphatic rings. The highest BCUT2D eigenvalue weighted by atomic mass is 32.2. The predicted octanol–water partition coefficient (Wildman–Crippen LogP) is 1.21. The van der Waals surface area contributed by atoms with Gasteiger partial charge in [-0.05, 0) is 25.1 Å². The average molecular weight is 271 g/mol. The molecule has 0 fully saturated rings. The summed E-state index contributed by atoms with van der Waals surface area (Å²) < 4.78 is 23.9. The maximum Gasteiger partial charge on any atom is 0.180 e. The van der Waals surface area contributed by atoms with Crippen LogP contribution >= 0.6 is 0 Å². The third kappa shape index (κ3) is 5.16. The largest absolute Gasteiger partial charge is 0.391 e. The maximum atomic E-state index is 11.9. The summed E-state index contributed by atoms with van der Waals surface area (Å²) in [6, 6.07) is 8.22. The Morgan fingerprint density at radius 3 is 2.56 bits per heavy atom. The summed E-state index contributed by atoms with van der Waals surface area (Å²) in [5, 5.41) is 12.7. The molecule has 1 aromatic carbocycles. The van der Waals surface area contributed by atoms with Crippen molar-refractivity contribution in [1.82, 2.24) is 5.32 Å². The molecule has 0 saturated heterocycles. The average Bonchev–Trinajstić information content (AvgIpc) is 2.35. The number of nitrogens with one attached hydrogen (secondary N) is 1. The van der Waals surface area contributed by atoms with Crippen molar-refractivity contribution in [3.05, 3.63) is 30.3 Å². The van der Waals surface area contributed by atoms with Crippen LogP contribution in [-0.2, 0) is 9.84 Å². The van der Waals surface area contributed by atoms with Crippen molar-refractivity contribution in [3.63, 3.8) is 0 Å². The Hall–Kier alpha value is -0.910. The van der Waals surface area contributed by atoms with Gasteiger partial charge < -0.3 is 10.4 Å². The SMILES string of the molecule is CCCCNCC(O)CS(=O)(=O)c1ccccc1.